The van der Waals surface area contributed by atoms with Gasteiger partial charge in [0, 0.05) is 23.1 Å². The van der Waals surface area contributed by atoms with Crippen molar-refractivity contribution < 1.29 is 9.90 Å². The minimum atomic E-state index is -0.795. The van der Waals surface area contributed by atoms with Crippen molar-refractivity contribution in [3.05, 3.63) is 0 Å². The van der Waals surface area contributed by atoms with Gasteiger partial charge in [-0.3, -0.25) is 0 Å². The van der Waals surface area contributed by atoms with Gasteiger partial charge in [-0.1, -0.05) is 0 Å². The Morgan fingerprint density at radius 2 is 2.25 bits per heavy atom. The predicted molar refractivity (Wildman–Crippen MR) is 50.7 cm³/mol. The van der Waals surface area contributed by atoms with E-state index in [1.807, 2.05) is 18.7 Å². The van der Waals surface area contributed by atoms with Crippen LogP contribution in [0.15, 0.2) is 0 Å². The molecule has 0 spiro atoms. The maximum atomic E-state index is 10.8. The Balaban J connectivity index is 2.73. The number of carbonyl (C=O) groups is 1. The smallest absolute Gasteiger partial charge is 0.407 e. The summed E-state index contributed by atoms with van der Waals surface area (Å²) in [6.07, 6.45) is -0.795. The minimum absolute atomic E-state index is 0.0522. The first kappa shape index (κ1) is 9.71. The van der Waals surface area contributed by atoms with Gasteiger partial charge in [0.2, 0.25) is 0 Å². The molecule has 0 aromatic carbocycles. The first-order chi connectivity index (χ1) is 5.45. The lowest BCUT2D eigenvalue weighted by molar-refractivity contribution is 0.121. The average molecular weight is 189 g/mol. The summed E-state index contributed by atoms with van der Waals surface area (Å²) in [5.41, 5.74) is 0. The van der Waals surface area contributed by atoms with Crippen LogP contribution in [0.1, 0.15) is 20.8 Å². The maximum Gasteiger partial charge on any atom is 0.407 e. The van der Waals surface area contributed by atoms with E-state index in [-0.39, 0.29) is 10.8 Å². The monoisotopic (exact) mass is 189 g/mol. The lowest BCUT2D eigenvalue weighted by Crippen LogP contribution is -2.52. The zero-order valence-electron chi connectivity index (χ0n) is 7.70. The second kappa shape index (κ2) is 3.17. The summed E-state index contributed by atoms with van der Waals surface area (Å²) < 4.78 is 0.0522. The molecule has 1 fully saturated rings. The van der Waals surface area contributed by atoms with Crippen molar-refractivity contribution in [1.82, 2.24) is 4.90 Å². The van der Waals surface area contributed by atoms with E-state index in [9.17, 15) is 4.79 Å². The molecule has 0 saturated carbocycles. The van der Waals surface area contributed by atoms with Crippen molar-refractivity contribution >= 4 is 17.9 Å². The third kappa shape index (κ3) is 1.68. The molecule has 0 aliphatic carbocycles. The Hall–Kier alpha value is -0.380. The molecule has 12 heavy (non-hydrogen) atoms. The Labute approximate surface area is 77.1 Å². The highest BCUT2D eigenvalue weighted by molar-refractivity contribution is 8.00. The van der Waals surface area contributed by atoms with Crippen molar-refractivity contribution in [2.45, 2.75) is 31.6 Å². The SMILES string of the molecule is C[C@@H]1N(C(=O)O)CCSC1(C)C. The number of carboxylic acid groups (broad SMARTS) is 1. The zero-order chi connectivity index (χ0) is 9.35. The fraction of sp³-hybridized carbons (Fsp3) is 0.875. The van der Waals surface area contributed by atoms with Gasteiger partial charge in [-0.2, -0.15) is 11.8 Å². The Bertz CT molecular complexity index is 193. The number of amides is 1. The van der Waals surface area contributed by atoms with Crippen LogP contribution in [-0.4, -0.2) is 39.2 Å². The quantitative estimate of drug-likeness (QED) is 0.632. The lowest BCUT2D eigenvalue weighted by atomic mass is 10.0. The number of hydrogen-bond acceptors (Lipinski definition) is 2. The molecule has 1 heterocycles. The van der Waals surface area contributed by atoms with E-state index in [1.54, 1.807) is 0 Å². The first-order valence-corrected chi connectivity index (χ1v) is 5.07. The average Bonchev–Trinajstić information content (AvgIpc) is 1.94. The molecule has 1 N–H and O–H groups in total. The zero-order valence-corrected chi connectivity index (χ0v) is 8.52. The third-order valence-electron chi connectivity index (χ3n) is 2.53. The number of thioether (sulfide) groups is 1. The van der Waals surface area contributed by atoms with E-state index in [4.69, 9.17) is 5.11 Å². The second-order valence-electron chi connectivity index (χ2n) is 3.60. The first-order valence-electron chi connectivity index (χ1n) is 4.08. The highest BCUT2D eigenvalue weighted by Gasteiger charge is 2.37. The highest BCUT2D eigenvalue weighted by Crippen LogP contribution is 2.34. The lowest BCUT2D eigenvalue weighted by Gasteiger charge is -2.42. The second-order valence-corrected chi connectivity index (χ2v) is 5.35. The van der Waals surface area contributed by atoms with Crippen molar-refractivity contribution in [2.24, 2.45) is 0 Å². The van der Waals surface area contributed by atoms with Crippen LogP contribution in [0.4, 0.5) is 4.79 Å². The predicted octanol–water partition coefficient (Wildman–Crippen LogP) is 1.88. The number of rotatable bonds is 0. The van der Waals surface area contributed by atoms with Crippen LogP contribution in [0.25, 0.3) is 0 Å². The standard InChI is InChI=1S/C8H15NO2S/c1-6-8(2,3)12-5-4-9(6)7(10)11/h6H,4-5H2,1-3H3,(H,10,11)/t6-/m0/s1. The molecule has 70 valence electrons. The molecule has 0 aromatic heterocycles. The minimum Gasteiger partial charge on any atom is -0.465 e. The van der Waals surface area contributed by atoms with E-state index in [0.29, 0.717) is 6.54 Å². The summed E-state index contributed by atoms with van der Waals surface area (Å²) in [5, 5.41) is 8.86. The molecule has 3 nitrogen and oxygen atoms in total. The van der Waals surface area contributed by atoms with Gasteiger partial charge in [0.25, 0.3) is 0 Å². The summed E-state index contributed by atoms with van der Waals surface area (Å²) in [7, 11) is 0. The summed E-state index contributed by atoms with van der Waals surface area (Å²) in [4.78, 5) is 12.3. The molecule has 1 saturated heterocycles. The fourth-order valence-corrected chi connectivity index (χ4v) is 2.54. The molecule has 0 unspecified atom stereocenters. The molecular formula is C8H15NO2S. The van der Waals surface area contributed by atoms with E-state index in [2.05, 4.69) is 13.8 Å². The van der Waals surface area contributed by atoms with Crippen molar-refractivity contribution in [3.63, 3.8) is 0 Å². The van der Waals surface area contributed by atoms with Gasteiger partial charge in [0.1, 0.15) is 0 Å². The molecule has 1 rings (SSSR count). The molecule has 0 aromatic rings. The summed E-state index contributed by atoms with van der Waals surface area (Å²) in [5.74, 6) is 0.906. The van der Waals surface area contributed by atoms with Crippen molar-refractivity contribution in [1.29, 1.82) is 0 Å². The molecule has 0 bridgehead atoms. The maximum absolute atomic E-state index is 10.8. The molecule has 1 atom stereocenters. The normalized spacial score (nSPS) is 28.6. The van der Waals surface area contributed by atoms with Crippen LogP contribution in [-0.2, 0) is 0 Å². The van der Waals surface area contributed by atoms with Crippen LogP contribution in [0.5, 0.6) is 0 Å². The Morgan fingerprint density at radius 3 is 2.67 bits per heavy atom. The van der Waals surface area contributed by atoms with E-state index in [1.165, 1.54) is 4.90 Å². The number of hydrogen-bond donors (Lipinski definition) is 1. The van der Waals surface area contributed by atoms with E-state index >= 15 is 0 Å². The molecule has 0 radical (unpaired) electrons. The molecule has 1 aliphatic heterocycles. The van der Waals surface area contributed by atoms with Crippen molar-refractivity contribution in [3.8, 4) is 0 Å². The van der Waals surface area contributed by atoms with Gasteiger partial charge in [-0.05, 0) is 20.8 Å². The van der Waals surface area contributed by atoms with Crippen LogP contribution >= 0.6 is 11.8 Å². The van der Waals surface area contributed by atoms with Crippen molar-refractivity contribution in [2.75, 3.05) is 12.3 Å². The van der Waals surface area contributed by atoms with Crippen LogP contribution in [0, 0.1) is 0 Å². The molecule has 4 heteroatoms. The van der Waals surface area contributed by atoms with Crippen LogP contribution in [0.3, 0.4) is 0 Å². The van der Waals surface area contributed by atoms with Gasteiger partial charge in [-0.25, -0.2) is 4.79 Å². The van der Waals surface area contributed by atoms with Gasteiger partial charge < -0.3 is 10.0 Å². The van der Waals surface area contributed by atoms with Crippen LogP contribution < -0.4 is 0 Å². The summed E-state index contributed by atoms with van der Waals surface area (Å²) >= 11 is 1.84. The highest BCUT2D eigenvalue weighted by atomic mass is 32.2. The molecule has 1 aliphatic rings. The van der Waals surface area contributed by atoms with Gasteiger partial charge >= 0.3 is 6.09 Å². The van der Waals surface area contributed by atoms with Gasteiger partial charge in [0.05, 0.1) is 0 Å². The van der Waals surface area contributed by atoms with Gasteiger partial charge in [0.15, 0.2) is 0 Å². The Morgan fingerprint density at radius 1 is 1.67 bits per heavy atom. The molecule has 1 amide bonds. The number of nitrogens with zero attached hydrogens (tertiary/aromatic N) is 1. The third-order valence-corrected chi connectivity index (χ3v) is 4.00. The van der Waals surface area contributed by atoms with E-state index < -0.39 is 6.09 Å². The molecular weight excluding hydrogens is 174 g/mol. The topological polar surface area (TPSA) is 40.5 Å². The van der Waals surface area contributed by atoms with E-state index in [0.717, 1.165) is 5.75 Å². The summed E-state index contributed by atoms with van der Waals surface area (Å²) in [6, 6.07) is 0.105. The fourth-order valence-electron chi connectivity index (χ4n) is 1.36. The largest absolute Gasteiger partial charge is 0.465 e. The van der Waals surface area contributed by atoms with Crippen LogP contribution in [0.2, 0.25) is 0 Å². The van der Waals surface area contributed by atoms with Gasteiger partial charge in [-0.15, -0.1) is 0 Å². The summed E-state index contributed by atoms with van der Waals surface area (Å²) in [6.45, 7) is 6.82. The Kier molecular flexibility index (Phi) is 2.56.